The molecule has 0 saturated carbocycles. The number of hydrogen-bond donors (Lipinski definition) is 0. The third kappa shape index (κ3) is 3.35. The SMILES string of the molecule is CCC(Br)c1cn(Cc2ccc(Br)cn2)nn1. The molecule has 0 radical (unpaired) electrons. The highest BCUT2D eigenvalue weighted by Gasteiger charge is 2.09. The van der Waals surface area contributed by atoms with Crippen molar-refractivity contribution in [3.63, 3.8) is 0 Å². The van der Waals surface area contributed by atoms with Crippen molar-refractivity contribution < 1.29 is 0 Å². The summed E-state index contributed by atoms with van der Waals surface area (Å²) in [6, 6.07) is 3.94. The Bertz CT molecular complexity index is 480. The van der Waals surface area contributed by atoms with Crippen molar-refractivity contribution in [3.8, 4) is 0 Å². The van der Waals surface area contributed by atoms with E-state index in [0.29, 0.717) is 6.54 Å². The van der Waals surface area contributed by atoms with Gasteiger partial charge in [0.15, 0.2) is 0 Å². The van der Waals surface area contributed by atoms with Crippen LogP contribution in [0.3, 0.4) is 0 Å². The lowest BCUT2D eigenvalue weighted by atomic mass is 10.3. The Labute approximate surface area is 117 Å². The van der Waals surface area contributed by atoms with Crippen molar-refractivity contribution in [2.24, 2.45) is 0 Å². The minimum atomic E-state index is 0.272. The van der Waals surface area contributed by atoms with Crippen LogP contribution in [0.15, 0.2) is 29.0 Å². The highest BCUT2D eigenvalue weighted by atomic mass is 79.9. The van der Waals surface area contributed by atoms with Crippen LogP contribution < -0.4 is 0 Å². The van der Waals surface area contributed by atoms with Crippen LogP contribution >= 0.6 is 31.9 Å². The first-order valence-corrected chi connectivity index (χ1v) is 7.04. The van der Waals surface area contributed by atoms with E-state index in [9.17, 15) is 0 Å². The molecule has 0 fully saturated rings. The van der Waals surface area contributed by atoms with Gasteiger partial charge in [-0.25, -0.2) is 4.68 Å². The smallest absolute Gasteiger partial charge is 0.0963 e. The van der Waals surface area contributed by atoms with Gasteiger partial charge in [0.25, 0.3) is 0 Å². The van der Waals surface area contributed by atoms with Gasteiger partial charge in [-0.3, -0.25) is 4.98 Å². The molecule has 0 saturated heterocycles. The molecular formula is C11H12Br2N4. The van der Waals surface area contributed by atoms with E-state index in [0.717, 1.165) is 22.3 Å². The van der Waals surface area contributed by atoms with Crippen molar-refractivity contribution >= 4 is 31.9 Å². The number of nitrogens with zero attached hydrogens (tertiary/aromatic N) is 4. The van der Waals surface area contributed by atoms with Crippen LogP contribution in [0.4, 0.5) is 0 Å². The quantitative estimate of drug-likeness (QED) is 0.786. The van der Waals surface area contributed by atoms with Crippen molar-refractivity contribution in [1.82, 2.24) is 20.0 Å². The first kappa shape index (κ1) is 12.7. The van der Waals surface area contributed by atoms with Gasteiger partial charge in [0.2, 0.25) is 0 Å². The second kappa shape index (κ2) is 5.73. The maximum absolute atomic E-state index is 4.30. The fourth-order valence-electron chi connectivity index (χ4n) is 1.41. The Balaban J connectivity index is 2.08. The largest absolute Gasteiger partial charge is 0.258 e. The van der Waals surface area contributed by atoms with Crippen LogP contribution in [-0.2, 0) is 6.54 Å². The summed E-state index contributed by atoms with van der Waals surface area (Å²) >= 11 is 6.92. The second-order valence-corrected chi connectivity index (χ2v) is 5.71. The summed E-state index contributed by atoms with van der Waals surface area (Å²) in [6.45, 7) is 2.75. The van der Waals surface area contributed by atoms with E-state index in [1.165, 1.54) is 0 Å². The van der Waals surface area contributed by atoms with Gasteiger partial charge in [-0.2, -0.15) is 0 Å². The number of hydrogen-bond acceptors (Lipinski definition) is 3. The molecule has 2 rings (SSSR count). The molecule has 0 aliphatic rings. The van der Waals surface area contributed by atoms with Crippen LogP contribution in [0, 0.1) is 0 Å². The molecule has 0 N–H and O–H groups in total. The Morgan fingerprint density at radius 1 is 1.41 bits per heavy atom. The Morgan fingerprint density at radius 2 is 2.24 bits per heavy atom. The van der Waals surface area contributed by atoms with Gasteiger partial charge in [0.1, 0.15) is 0 Å². The van der Waals surface area contributed by atoms with Crippen molar-refractivity contribution in [2.45, 2.75) is 24.7 Å². The molecule has 1 atom stereocenters. The van der Waals surface area contributed by atoms with Crippen LogP contribution in [0.25, 0.3) is 0 Å². The van der Waals surface area contributed by atoms with E-state index in [4.69, 9.17) is 0 Å². The Morgan fingerprint density at radius 3 is 2.88 bits per heavy atom. The standard InChI is InChI=1S/C11H12Br2N4/c1-2-10(13)11-7-17(16-15-11)6-9-4-3-8(12)5-14-9/h3-5,7,10H,2,6H2,1H3. The van der Waals surface area contributed by atoms with E-state index in [2.05, 4.69) is 54.1 Å². The van der Waals surface area contributed by atoms with Crippen molar-refractivity contribution in [1.29, 1.82) is 0 Å². The van der Waals surface area contributed by atoms with E-state index in [1.54, 1.807) is 10.9 Å². The van der Waals surface area contributed by atoms with Gasteiger partial charge >= 0.3 is 0 Å². The van der Waals surface area contributed by atoms with Crippen LogP contribution in [0.5, 0.6) is 0 Å². The summed E-state index contributed by atoms with van der Waals surface area (Å²) in [7, 11) is 0. The summed E-state index contributed by atoms with van der Waals surface area (Å²) in [5.74, 6) is 0. The summed E-state index contributed by atoms with van der Waals surface area (Å²) < 4.78 is 2.78. The predicted molar refractivity (Wildman–Crippen MR) is 73.0 cm³/mol. The highest BCUT2D eigenvalue weighted by Crippen LogP contribution is 2.23. The van der Waals surface area contributed by atoms with Gasteiger partial charge < -0.3 is 0 Å². The summed E-state index contributed by atoms with van der Waals surface area (Å²) in [5, 5.41) is 8.22. The molecule has 6 heteroatoms. The van der Waals surface area contributed by atoms with Gasteiger partial charge in [-0.15, -0.1) is 5.10 Å². The highest BCUT2D eigenvalue weighted by molar-refractivity contribution is 9.10. The second-order valence-electron chi connectivity index (χ2n) is 3.68. The molecule has 2 heterocycles. The maximum Gasteiger partial charge on any atom is 0.0963 e. The first-order chi connectivity index (χ1) is 8.19. The van der Waals surface area contributed by atoms with Gasteiger partial charge in [0, 0.05) is 10.7 Å². The average molecular weight is 360 g/mol. The summed E-state index contributed by atoms with van der Waals surface area (Å²) in [6.07, 6.45) is 4.73. The molecule has 2 aromatic rings. The average Bonchev–Trinajstić information content (AvgIpc) is 2.80. The molecule has 2 aromatic heterocycles. The number of aromatic nitrogens is 4. The molecule has 90 valence electrons. The fourth-order valence-corrected chi connectivity index (χ4v) is 1.85. The normalized spacial score (nSPS) is 12.6. The lowest BCUT2D eigenvalue weighted by Crippen LogP contribution is -2.02. The molecule has 0 amide bonds. The maximum atomic E-state index is 4.30. The zero-order chi connectivity index (χ0) is 12.3. The van der Waals surface area contributed by atoms with Crippen LogP contribution in [0.2, 0.25) is 0 Å². The van der Waals surface area contributed by atoms with E-state index in [-0.39, 0.29) is 4.83 Å². The zero-order valence-corrected chi connectivity index (χ0v) is 12.5. The monoisotopic (exact) mass is 358 g/mol. The Kier molecular flexibility index (Phi) is 4.28. The van der Waals surface area contributed by atoms with Gasteiger partial charge in [-0.05, 0) is 34.5 Å². The molecule has 1 unspecified atom stereocenters. The van der Waals surface area contributed by atoms with Crippen molar-refractivity contribution in [2.75, 3.05) is 0 Å². The lowest BCUT2D eigenvalue weighted by molar-refractivity contribution is 0.638. The van der Waals surface area contributed by atoms with E-state index >= 15 is 0 Å². The Hall–Kier alpha value is -0.750. The zero-order valence-electron chi connectivity index (χ0n) is 9.35. The first-order valence-electron chi connectivity index (χ1n) is 5.33. The number of pyridine rings is 1. The number of rotatable bonds is 4. The molecule has 0 spiro atoms. The number of alkyl halides is 1. The third-order valence-electron chi connectivity index (χ3n) is 2.35. The van der Waals surface area contributed by atoms with Crippen molar-refractivity contribution in [3.05, 3.63) is 40.4 Å². The molecule has 0 bridgehead atoms. The molecule has 0 aliphatic heterocycles. The molecular weight excluding hydrogens is 348 g/mol. The lowest BCUT2D eigenvalue weighted by Gasteiger charge is -2.01. The summed E-state index contributed by atoms with van der Waals surface area (Å²) in [5.41, 5.74) is 1.93. The van der Waals surface area contributed by atoms with Crippen LogP contribution in [0.1, 0.15) is 29.6 Å². The molecule has 0 aromatic carbocycles. The number of halogens is 2. The van der Waals surface area contributed by atoms with E-state index < -0.39 is 0 Å². The summed E-state index contributed by atoms with van der Waals surface area (Å²) in [4.78, 5) is 4.57. The van der Waals surface area contributed by atoms with E-state index in [1.807, 2.05) is 18.3 Å². The topological polar surface area (TPSA) is 43.6 Å². The molecule has 0 aliphatic carbocycles. The predicted octanol–water partition coefficient (Wildman–Crippen LogP) is 3.33. The minimum absolute atomic E-state index is 0.272. The van der Waals surface area contributed by atoms with Crippen LogP contribution in [-0.4, -0.2) is 20.0 Å². The molecule has 17 heavy (non-hydrogen) atoms. The minimum Gasteiger partial charge on any atom is -0.258 e. The third-order valence-corrected chi connectivity index (χ3v) is 3.93. The molecule has 4 nitrogen and oxygen atoms in total. The van der Waals surface area contributed by atoms with Gasteiger partial charge in [0.05, 0.1) is 29.0 Å². The van der Waals surface area contributed by atoms with Gasteiger partial charge in [-0.1, -0.05) is 28.1 Å². The fraction of sp³-hybridized carbons (Fsp3) is 0.364.